The smallest absolute Gasteiger partial charge is 0.313 e. The van der Waals surface area contributed by atoms with Crippen molar-refractivity contribution in [3.8, 4) is 0 Å². The van der Waals surface area contributed by atoms with E-state index in [2.05, 4.69) is 4.98 Å². The van der Waals surface area contributed by atoms with Gasteiger partial charge in [0.15, 0.2) is 0 Å². The van der Waals surface area contributed by atoms with Crippen LogP contribution in [-0.2, 0) is 6.54 Å². The summed E-state index contributed by atoms with van der Waals surface area (Å²) < 4.78 is 0.986. The molecule has 1 heterocycles. The Bertz CT molecular complexity index is 1130. The molecule has 0 bridgehead atoms. The maximum atomic E-state index is 13.1. The number of nitrogens with one attached hydrogen (secondary N) is 1. The average molecular weight is 398 g/mol. The number of para-hydroxylation sites is 1. The van der Waals surface area contributed by atoms with E-state index in [1.807, 2.05) is 38.1 Å². The number of benzene rings is 2. The van der Waals surface area contributed by atoms with E-state index in [1.165, 1.54) is 11.1 Å². The lowest BCUT2D eigenvalue weighted by atomic mass is 10.1. The third-order valence-electron chi connectivity index (χ3n) is 4.55. The molecule has 0 unspecified atom stereocenters. The number of hydrogen-bond donors (Lipinski definition) is 1. The van der Waals surface area contributed by atoms with Gasteiger partial charge in [-0.15, -0.1) is 0 Å². The summed E-state index contributed by atoms with van der Waals surface area (Å²) in [6.45, 7) is 4.09. The van der Waals surface area contributed by atoms with Crippen LogP contribution in [0.5, 0.6) is 0 Å². The summed E-state index contributed by atoms with van der Waals surface area (Å²) in [6, 6.07) is 14.4. The number of hydrogen-bond acceptors (Lipinski definition) is 3. The Morgan fingerprint density at radius 3 is 2.46 bits per heavy atom. The fraction of sp³-hybridized carbons (Fsp3) is 0.190. The van der Waals surface area contributed by atoms with Gasteiger partial charge in [0.2, 0.25) is 0 Å². The van der Waals surface area contributed by atoms with Gasteiger partial charge in [0.25, 0.3) is 11.5 Å². The van der Waals surface area contributed by atoms with Crippen molar-refractivity contribution in [2.45, 2.75) is 20.4 Å². The molecule has 144 valence electrons. The van der Waals surface area contributed by atoms with Gasteiger partial charge in [0.1, 0.15) is 5.56 Å². The molecule has 0 fully saturated rings. The molecule has 0 saturated carbocycles. The van der Waals surface area contributed by atoms with Crippen LogP contribution in [0.1, 0.15) is 28.4 Å². The van der Waals surface area contributed by atoms with E-state index in [1.54, 1.807) is 24.3 Å². The first kappa shape index (κ1) is 19.6. The van der Waals surface area contributed by atoms with E-state index in [-0.39, 0.29) is 12.1 Å². The second-order valence-electron chi connectivity index (χ2n) is 6.33. The monoisotopic (exact) mass is 397 g/mol. The van der Waals surface area contributed by atoms with Gasteiger partial charge < -0.3 is 9.88 Å². The van der Waals surface area contributed by atoms with Crippen molar-refractivity contribution in [3.05, 3.63) is 97.3 Å². The lowest BCUT2D eigenvalue weighted by molar-refractivity contribution is 0.0985. The Hall–Kier alpha value is -3.12. The van der Waals surface area contributed by atoms with Crippen LogP contribution >= 0.6 is 11.6 Å². The Labute approximate surface area is 167 Å². The minimum atomic E-state index is -0.652. The molecule has 6 nitrogen and oxygen atoms in total. The highest BCUT2D eigenvalue weighted by Crippen LogP contribution is 2.20. The number of H-pyrrole nitrogens is 1. The fourth-order valence-corrected chi connectivity index (χ4v) is 3.24. The Kier molecular flexibility index (Phi) is 5.80. The second-order valence-corrected chi connectivity index (χ2v) is 6.73. The standard InChI is InChI=1S/C21H20ClN3O3/c1-3-24(18-11-7-4-8-14(18)2)19(26)16-12-23-21(28)25(20(16)27)13-15-9-5-6-10-17(15)22/h4-12H,3,13H2,1-2H3,(H,23,28). The van der Waals surface area contributed by atoms with E-state index in [0.717, 1.165) is 15.8 Å². The molecule has 0 radical (unpaired) electrons. The van der Waals surface area contributed by atoms with Crippen LogP contribution in [0.2, 0.25) is 5.02 Å². The first-order valence-corrected chi connectivity index (χ1v) is 9.25. The molecule has 3 aromatic rings. The highest BCUT2D eigenvalue weighted by molar-refractivity contribution is 6.31. The average Bonchev–Trinajstić information content (AvgIpc) is 2.68. The summed E-state index contributed by atoms with van der Waals surface area (Å²) >= 11 is 6.15. The van der Waals surface area contributed by atoms with E-state index < -0.39 is 17.2 Å². The number of nitrogens with zero attached hydrogens (tertiary/aromatic N) is 2. The van der Waals surface area contributed by atoms with Gasteiger partial charge >= 0.3 is 5.69 Å². The molecule has 0 aliphatic heterocycles. The first-order valence-electron chi connectivity index (χ1n) is 8.87. The highest BCUT2D eigenvalue weighted by atomic mass is 35.5. The predicted molar refractivity (Wildman–Crippen MR) is 110 cm³/mol. The molecule has 0 aliphatic carbocycles. The summed E-state index contributed by atoms with van der Waals surface area (Å²) in [5.74, 6) is -0.467. The summed E-state index contributed by atoms with van der Waals surface area (Å²) in [4.78, 5) is 42.3. The molecular formula is C21H20ClN3O3. The van der Waals surface area contributed by atoms with E-state index in [9.17, 15) is 14.4 Å². The maximum absolute atomic E-state index is 13.1. The number of aromatic nitrogens is 2. The van der Waals surface area contributed by atoms with Crippen LogP contribution in [0.4, 0.5) is 5.69 Å². The molecule has 0 atom stereocenters. The molecule has 28 heavy (non-hydrogen) atoms. The number of halogens is 1. The van der Waals surface area contributed by atoms with Crippen molar-refractivity contribution in [3.63, 3.8) is 0 Å². The van der Waals surface area contributed by atoms with Gasteiger partial charge in [-0.05, 0) is 37.1 Å². The molecule has 0 saturated heterocycles. The summed E-state index contributed by atoms with van der Waals surface area (Å²) in [5.41, 5.74) is 0.905. The third kappa shape index (κ3) is 3.77. The van der Waals surface area contributed by atoms with Crippen molar-refractivity contribution < 1.29 is 4.79 Å². The van der Waals surface area contributed by atoms with Gasteiger partial charge in [0.05, 0.1) is 6.54 Å². The molecule has 0 spiro atoms. The van der Waals surface area contributed by atoms with Gasteiger partial charge in [-0.25, -0.2) is 4.79 Å². The van der Waals surface area contributed by atoms with Gasteiger partial charge in [0, 0.05) is 23.5 Å². The largest absolute Gasteiger partial charge is 0.328 e. The SMILES string of the molecule is CCN(C(=O)c1c[nH]c(=O)n(Cc2ccccc2Cl)c1=O)c1ccccc1C. The Morgan fingerprint density at radius 2 is 1.79 bits per heavy atom. The summed E-state index contributed by atoms with van der Waals surface area (Å²) in [5, 5.41) is 0.445. The normalized spacial score (nSPS) is 10.7. The fourth-order valence-electron chi connectivity index (χ4n) is 3.04. The molecule has 0 aliphatic rings. The quantitative estimate of drug-likeness (QED) is 0.718. The van der Waals surface area contributed by atoms with Crippen molar-refractivity contribution in [1.82, 2.24) is 9.55 Å². The van der Waals surface area contributed by atoms with Crippen LogP contribution < -0.4 is 16.1 Å². The summed E-state index contributed by atoms with van der Waals surface area (Å²) in [6.07, 6.45) is 1.18. The Morgan fingerprint density at radius 1 is 1.11 bits per heavy atom. The molecule has 1 N–H and O–H groups in total. The topological polar surface area (TPSA) is 75.2 Å². The Balaban J connectivity index is 2.04. The number of aryl methyl sites for hydroxylation is 1. The molecule has 1 amide bonds. The van der Waals surface area contributed by atoms with Crippen LogP contribution in [-0.4, -0.2) is 22.0 Å². The van der Waals surface area contributed by atoms with Crippen molar-refractivity contribution >= 4 is 23.2 Å². The number of aromatic amines is 1. The second kappa shape index (κ2) is 8.27. The zero-order chi connectivity index (χ0) is 20.3. The van der Waals surface area contributed by atoms with Crippen LogP contribution in [0, 0.1) is 6.92 Å². The third-order valence-corrected chi connectivity index (χ3v) is 4.91. The van der Waals surface area contributed by atoms with Gasteiger partial charge in [-0.2, -0.15) is 0 Å². The first-order chi connectivity index (χ1) is 13.4. The maximum Gasteiger partial charge on any atom is 0.328 e. The molecular weight excluding hydrogens is 378 g/mol. The minimum Gasteiger partial charge on any atom is -0.313 e. The lowest BCUT2D eigenvalue weighted by Crippen LogP contribution is -2.42. The number of carbonyl (C=O) groups is 1. The highest BCUT2D eigenvalue weighted by Gasteiger charge is 2.22. The predicted octanol–water partition coefficient (Wildman–Crippen LogP) is 3.21. The summed E-state index contributed by atoms with van der Waals surface area (Å²) in [7, 11) is 0. The van der Waals surface area contributed by atoms with Gasteiger partial charge in [-0.3, -0.25) is 14.2 Å². The molecule has 1 aromatic heterocycles. The van der Waals surface area contributed by atoms with Crippen LogP contribution in [0.25, 0.3) is 0 Å². The van der Waals surface area contributed by atoms with E-state index in [0.29, 0.717) is 17.1 Å². The zero-order valence-corrected chi connectivity index (χ0v) is 16.4. The minimum absolute atomic E-state index is 0.0224. The zero-order valence-electron chi connectivity index (χ0n) is 15.6. The number of amides is 1. The van der Waals surface area contributed by atoms with Crippen molar-refractivity contribution in [2.75, 3.05) is 11.4 Å². The van der Waals surface area contributed by atoms with Gasteiger partial charge in [-0.1, -0.05) is 48.0 Å². The number of carbonyl (C=O) groups excluding carboxylic acids is 1. The number of rotatable bonds is 5. The molecule has 2 aromatic carbocycles. The van der Waals surface area contributed by atoms with E-state index in [4.69, 9.17) is 11.6 Å². The lowest BCUT2D eigenvalue weighted by Gasteiger charge is -2.22. The molecule has 7 heteroatoms. The van der Waals surface area contributed by atoms with Crippen LogP contribution in [0.15, 0.2) is 64.3 Å². The van der Waals surface area contributed by atoms with Crippen molar-refractivity contribution in [1.29, 1.82) is 0 Å². The van der Waals surface area contributed by atoms with Crippen LogP contribution in [0.3, 0.4) is 0 Å². The number of anilines is 1. The van der Waals surface area contributed by atoms with Crippen molar-refractivity contribution in [2.24, 2.45) is 0 Å². The van der Waals surface area contributed by atoms with E-state index >= 15 is 0 Å². The molecule has 3 rings (SSSR count).